The Labute approximate surface area is 123 Å². The third-order valence-corrected chi connectivity index (χ3v) is 3.69. The molecule has 0 aromatic heterocycles. The molecule has 0 unspecified atom stereocenters. The van der Waals surface area contributed by atoms with Gasteiger partial charge in [0.05, 0.1) is 12.6 Å². The maximum Gasteiger partial charge on any atom is 0.246 e. The SMILES string of the molecule is C=CC(=O)N(C)CC(=O)N[C@@H]1CCCc2ccc(F)cc21. The molecule has 5 heteroatoms. The first-order valence-corrected chi connectivity index (χ1v) is 6.96. The number of hydrogen-bond acceptors (Lipinski definition) is 2. The van der Waals surface area contributed by atoms with Crippen LogP contribution in [0.5, 0.6) is 0 Å². The lowest BCUT2D eigenvalue weighted by Gasteiger charge is -2.27. The third-order valence-electron chi connectivity index (χ3n) is 3.69. The first-order chi connectivity index (χ1) is 10.0. The van der Waals surface area contributed by atoms with Gasteiger partial charge in [-0.3, -0.25) is 9.59 Å². The molecule has 1 aromatic carbocycles. The van der Waals surface area contributed by atoms with E-state index < -0.39 is 0 Å². The van der Waals surface area contributed by atoms with E-state index in [1.165, 1.54) is 30.2 Å². The fraction of sp³-hybridized carbons (Fsp3) is 0.375. The zero-order chi connectivity index (χ0) is 15.4. The molecule has 4 nitrogen and oxygen atoms in total. The summed E-state index contributed by atoms with van der Waals surface area (Å²) in [5.41, 5.74) is 1.91. The van der Waals surface area contributed by atoms with Gasteiger partial charge in [0, 0.05) is 7.05 Å². The molecule has 2 amide bonds. The van der Waals surface area contributed by atoms with Crippen molar-refractivity contribution < 1.29 is 14.0 Å². The zero-order valence-electron chi connectivity index (χ0n) is 12.1. The molecule has 1 aromatic rings. The van der Waals surface area contributed by atoms with E-state index in [2.05, 4.69) is 11.9 Å². The quantitative estimate of drug-likeness (QED) is 0.862. The van der Waals surface area contributed by atoms with Crippen molar-refractivity contribution in [1.82, 2.24) is 10.2 Å². The summed E-state index contributed by atoms with van der Waals surface area (Å²) in [6.07, 6.45) is 3.79. The first-order valence-electron chi connectivity index (χ1n) is 6.96. The Morgan fingerprint density at radius 2 is 2.29 bits per heavy atom. The summed E-state index contributed by atoms with van der Waals surface area (Å²) in [6.45, 7) is 3.34. The number of likely N-dealkylation sites (N-methyl/N-ethyl adjacent to an activating group) is 1. The number of benzene rings is 1. The van der Waals surface area contributed by atoms with Crippen LogP contribution in [0.1, 0.15) is 30.0 Å². The highest BCUT2D eigenvalue weighted by Gasteiger charge is 2.23. The van der Waals surface area contributed by atoms with Gasteiger partial charge in [0.2, 0.25) is 11.8 Å². The normalized spacial score (nSPS) is 16.8. The molecule has 2 rings (SSSR count). The van der Waals surface area contributed by atoms with Crippen molar-refractivity contribution >= 4 is 11.8 Å². The monoisotopic (exact) mass is 290 g/mol. The molecule has 1 aliphatic carbocycles. The van der Waals surface area contributed by atoms with Crippen molar-refractivity contribution in [3.05, 3.63) is 47.8 Å². The molecule has 1 aliphatic rings. The smallest absolute Gasteiger partial charge is 0.246 e. The van der Waals surface area contributed by atoms with Gasteiger partial charge < -0.3 is 10.2 Å². The van der Waals surface area contributed by atoms with Crippen molar-refractivity contribution in [1.29, 1.82) is 0 Å². The summed E-state index contributed by atoms with van der Waals surface area (Å²) in [6, 6.07) is 4.51. The fourth-order valence-corrected chi connectivity index (χ4v) is 2.61. The van der Waals surface area contributed by atoms with Gasteiger partial charge in [-0.1, -0.05) is 12.6 Å². The minimum Gasteiger partial charge on any atom is -0.348 e. The maximum absolute atomic E-state index is 13.4. The van der Waals surface area contributed by atoms with E-state index in [0.29, 0.717) is 0 Å². The molecule has 1 atom stereocenters. The van der Waals surface area contributed by atoms with E-state index in [-0.39, 0.29) is 30.2 Å². The molecule has 0 bridgehead atoms. The van der Waals surface area contributed by atoms with E-state index in [9.17, 15) is 14.0 Å². The lowest BCUT2D eigenvalue weighted by molar-refractivity contribution is -0.131. The van der Waals surface area contributed by atoms with Gasteiger partial charge >= 0.3 is 0 Å². The van der Waals surface area contributed by atoms with Gasteiger partial charge in [-0.25, -0.2) is 4.39 Å². The van der Waals surface area contributed by atoms with Crippen LogP contribution < -0.4 is 5.32 Å². The van der Waals surface area contributed by atoms with Crippen LogP contribution in [0.15, 0.2) is 30.9 Å². The predicted molar refractivity (Wildman–Crippen MR) is 78.1 cm³/mol. The molecule has 0 saturated heterocycles. The lowest BCUT2D eigenvalue weighted by Crippen LogP contribution is -2.40. The number of aryl methyl sites for hydroxylation is 1. The second-order valence-electron chi connectivity index (χ2n) is 5.25. The highest BCUT2D eigenvalue weighted by atomic mass is 19.1. The van der Waals surface area contributed by atoms with Crippen molar-refractivity contribution in [3.63, 3.8) is 0 Å². The number of halogens is 1. The molecule has 0 aliphatic heterocycles. The second-order valence-corrected chi connectivity index (χ2v) is 5.25. The number of nitrogens with zero attached hydrogens (tertiary/aromatic N) is 1. The minimum absolute atomic E-state index is 0.0357. The average molecular weight is 290 g/mol. The zero-order valence-corrected chi connectivity index (χ0v) is 12.1. The first kappa shape index (κ1) is 15.2. The predicted octanol–water partition coefficient (Wildman–Crippen LogP) is 1.96. The topological polar surface area (TPSA) is 49.4 Å². The second kappa shape index (κ2) is 6.52. The fourth-order valence-electron chi connectivity index (χ4n) is 2.61. The number of carbonyl (C=O) groups excluding carboxylic acids is 2. The van der Waals surface area contributed by atoms with Crippen LogP contribution in [-0.4, -0.2) is 30.3 Å². The molecule has 0 heterocycles. The number of rotatable bonds is 4. The summed E-state index contributed by atoms with van der Waals surface area (Å²) in [5.74, 6) is -0.857. The van der Waals surface area contributed by atoms with Crippen molar-refractivity contribution in [2.75, 3.05) is 13.6 Å². The molecular formula is C16H19FN2O2. The van der Waals surface area contributed by atoms with E-state index >= 15 is 0 Å². The average Bonchev–Trinajstić information content (AvgIpc) is 2.46. The van der Waals surface area contributed by atoms with E-state index in [1.807, 2.05) is 0 Å². The number of nitrogens with one attached hydrogen (secondary N) is 1. The largest absolute Gasteiger partial charge is 0.348 e. The Balaban J connectivity index is 2.04. The van der Waals surface area contributed by atoms with Gasteiger partial charge in [0.15, 0.2) is 0 Å². The number of amides is 2. The maximum atomic E-state index is 13.4. The van der Waals surface area contributed by atoms with Crippen LogP contribution in [0.2, 0.25) is 0 Å². The summed E-state index contributed by atoms with van der Waals surface area (Å²) in [4.78, 5) is 24.7. The van der Waals surface area contributed by atoms with Crippen LogP contribution in [0, 0.1) is 5.82 Å². The third kappa shape index (κ3) is 3.68. The lowest BCUT2D eigenvalue weighted by atomic mass is 9.87. The molecule has 0 spiro atoms. The standard InChI is InChI=1S/C16H19FN2O2/c1-3-16(21)19(2)10-15(20)18-14-6-4-5-11-7-8-12(17)9-13(11)14/h3,7-9,14H,1,4-6,10H2,2H3,(H,18,20)/t14-/m1/s1. The van der Waals surface area contributed by atoms with E-state index in [0.717, 1.165) is 30.4 Å². The van der Waals surface area contributed by atoms with Gasteiger partial charge in [-0.05, 0) is 48.6 Å². The number of fused-ring (bicyclic) bond motifs is 1. The van der Waals surface area contributed by atoms with Crippen LogP contribution in [-0.2, 0) is 16.0 Å². The molecule has 0 radical (unpaired) electrons. The highest BCUT2D eigenvalue weighted by molar-refractivity contribution is 5.90. The summed E-state index contributed by atoms with van der Waals surface area (Å²) in [7, 11) is 1.54. The molecule has 1 N–H and O–H groups in total. The van der Waals surface area contributed by atoms with Crippen LogP contribution in [0.3, 0.4) is 0 Å². The van der Waals surface area contributed by atoms with Crippen LogP contribution in [0.4, 0.5) is 4.39 Å². The molecule has 0 saturated carbocycles. The highest BCUT2D eigenvalue weighted by Crippen LogP contribution is 2.30. The van der Waals surface area contributed by atoms with Crippen LogP contribution >= 0.6 is 0 Å². The minimum atomic E-state index is -0.305. The van der Waals surface area contributed by atoms with Gasteiger partial charge in [-0.2, -0.15) is 0 Å². The van der Waals surface area contributed by atoms with Crippen molar-refractivity contribution in [2.45, 2.75) is 25.3 Å². The Morgan fingerprint density at radius 3 is 3.00 bits per heavy atom. The van der Waals surface area contributed by atoms with Gasteiger partial charge in [0.25, 0.3) is 0 Å². The van der Waals surface area contributed by atoms with Gasteiger partial charge in [-0.15, -0.1) is 0 Å². The Bertz CT molecular complexity index is 571. The Hall–Kier alpha value is -2.17. The molecule has 0 fully saturated rings. The van der Waals surface area contributed by atoms with Gasteiger partial charge in [0.1, 0.15) is 5.82 Å². The Kier molecular flexibility index (Phi) is 4.73. The van der Waals surface area contributed by atoms with Crippen LogP contribution in [0.25, 0.3) is 0 Å². The Morgan fingerprint density at radius 1 is 1.52 bits per heavy atom. The van der Waals surface area contributed by atoms with E-state index in [1.54, 1.807) is 6.07 Å². The molecule has 21 heavy (non-hydrogen) atoms. The van der Waals surface area contributed by atoms with Crippen molar-refractivity contribution in [2.24, 2.45) is 0 Å². The number of carbonyl (C=O) groups is 2. The summed E-state index contributed by atoms with van der Waals surface area (Å²) in [5, 5.41) is 2.88. The molecule has 112 valence electrons. The molecular weight excluding hydrogens is 271 g/mol. The summed E-state index contributed by atoms with van der Waals surface area (Å²) >= 11 is 0. The number of hydrogen-bond donors (Lipinski definition) is 1. The van der Waals surface area contributed by atoms with Crippen molar-refractivity contribution in [3.8, 4) is 0 Å². The summed E-state index contributed by atoms with van der Waals surface area (Å²) < 4.78 is 13.4. The van der Waals surface area contributed by atoms with E-state index in [4.69, 9.17) is 0 Å².